The first-order valence-corrected chi connectivity index (χ1v) is 3.67. The van der Waals surface area contributed by atoms with E-state index in [4.69, 9.17) is 10.2 Å². The molecular weight excluding hydrogens is 173 g/mol. The molecular formula is C7H13F3O2. The van der Waals surface area contributed by atoms with Gasteiger partial charge in [0.15, 0.2) is 0 Å². The van der Waals surface area contributed by atoms with E-state index in [9.17, 15) is 13.2 Å². The minimum Gasteiger partial charge on any atom is -0.396 e. The summed E-state index contributed by atoms with van der Waals surface area (Å²) in [6, 6.07) is 0. The number of hydrogen-bond donors (Lipinski definition) is 2. The van der Waals surface area contributed by atoms with Crippen LogP contribution in [-0.2, 0) is 0 Å². The lowest BCUT2D eigenvalue weighted by atomic mass is 9.83. The Morgan fingerprint density at radius 3 is 1.58 bits per heavy atom. The van der Waals surface area contributed by atoms with Crippen LogP contribution in [0, 0.1) is 5.41 Å². The number of halogens is 3. The van der Waals surface area contributed by atoms with Crippen LogP contribution in [0.2, 0.25) is 0 Å². The summed E-state index contributed by atoms with van der Waals surface area (Å²) < 4.78 is 35.7. The van der Waals surface area contributed by atoms with Crippen LogP contribution < -0.4 is 0 Å². The van der Waals surface area contributed by atoms with Gasteiger partial charge in [0.2, 0.25) is 0 Å². The van der Waals surface area contributed by atoms with Crippen molar-refractivity contribution >= 4 is 0 Å². The predicted molar refractivity (Wildman–Crippen MR) is 37.6 cm³/mol. The van der Waals surface area contributed by atoms with E-state index in [1.807, 2.05) is 0 Å². The summed E-state index contributed by atoms with van der Waals surface area (Å²) in [6.07, 6.45) is -5.36. The van der Waals surface area contributed by atoms with E-state index in [1.165, 1.54) is 6.92 Å². The minimum atomic E-state index is -4.33. The maximum atomic E-state index is 11.9. The summed E-state index contributed by atoms with van der Waals surface area (Å²) >= 11 is 0. The second-order valence-electron chi connectivity index (χ2n) is 2.96. The first-order valence-electron chi connectivity index (χ1n) is 3.67. The number of hydrogen-bond acceptors (Lipinski definition) is 2. The summed E-state index contributed by atoms with van der Waals surface area (Å²) in [5.41, 5.74) is -1.40. The van der Waals surface area contributed by atoms with Crippen LogP contribution in [0.4, 0.5) is 13.2 Å². The van der Waals surface area contributed by atoms with Crippen LogP contribution in [0.15, 0.2) is 0 Å². The lowest BCUT2D eigenvalue weighted by Crippen LogP contribution is -2.34. The molecule has 0 aromatic rings. The second-order valence-corrected chi connectivity index (χ2v) is 2.96. The van der Waals surface area contributed by atoms with E-state index in [2.05, 4.69) is 0 Å². The Morgan fingerprint density at radius 2 is 1.50 bits per heavy atom. The molecule has 0 spiro atoms. The molecule has 0 aromatic heterocycles. The van der Waals surface area contributed by atoms with Crippen LogP contribution in [0.25, 0.3) is 0 Å². The van der Waals surface area contributed by atoms with Gasteiger partial charge in [-0.05, 0) is 6.42 Å². The van der Waals surface area contributed by atoms with Gasteiger partial charge >= 0.3 is 6.18 Å². The normalized spacial score (nSPS) is 13.5. The van der Waals surface area contributed by atoms with Crippen LogP contribution in [0.3, 0.4) is 0 Å². The smallest absolute Gasteiger partial charge is 0.389 e. The van der Waals surface area contributed by atoms with E-state index in [0.29, 0.717) is 0 Å². The Labute approximate surface area is 69.0 Å². The van der Waals surface area contributed by atoms with Gasteiger partial charge in [0, 0.05) is 5.41 Å². The molecule has 2 nitrogen and oxygen atoms in total. The molecule has 0 rings (SSSR count). The van der Waals surface area contributed by atoms with Crippen molar-refractivity contribution in [3.63, 3.8) is 0 Å². The molecule has 0 saturated heterocycles. The van der Waals surface area contributed by atoms with Crippen LogP contribution in [-0.4, -0.2) is 29.6 Å². The molecule has 12 heavy (non-hydrogen) atoms. The molecule has 0 unspecified atom stereocenters. The molecule has 0 amide bonds. The SMILES string of the molecule is CCC(CO)(CO)CC(F)(F)F. The first kappa shape index (κ1) is 11.7. The van der Waals surface area contributed by atoms with Crippen molar-refractivity contribution in [3.8, 4) is 0 Å². The predicted octanol–water partition coefficient (Wildman–Crippen LogP) is 1.32. The number of aliphatic hydroxyl groups excluding tert-OH is 2. The highest BCUT2D eigenvalue weighted by molar-refractivity contribution is 4.79. The van der Waals surface area contributed by atoms with Crippen molar-refractivity contribution in [1.82, 2.24) is 0 Å². The van der Waals surface area contributed by atoms with Gasteiger partial charge < -0.3 is 10.2 Å². The minimum absolute atomic E-state index is 0.111. The fraction of sp³-hybridized carbons (Fsp3) is 1.00. The Bertz CT molecular complexity index is 121. The summed E-state index contributed by atoms with van der Waals surface area (Å²) in [6.45, 7) is 0.233. The molecule has 0 bridgehead atoms. The molecule has 0 heterocycles. The highest BCUT2D eigenvalue weighted by atomic mass is 19.4. The van der Waals surface area contributed by atoms with E-state index in [-0.39, 0.29) is 6.42 Å². The molecule has 0 aromatic carbocycles. The first-order chi connectivity index (χ1) is 5.39. The molecule has 2 N–H and O–H groups in total. The Morgan fingerprint density at radius 1 is 1.08 bits per heavy atom. The lowest BCUT2D eigenvalue weighted by Gasteiger charge is -2.29. The molecule has 0 fully saturated rings. The van der Waals surface area contributed by atoms with E-state index >= 15 is 0 Å². The van der Waals surface area contributed by atoms with E-state index in [0.717, 1.165) is 0 Å². The van der Waals surface area contributed by atoms with Crippen molar-refractivity contribution in [2.24, 2.45) is 5.41 Å². The Hall–Kier alpha value is -0.290. The van der Waals surface area contributed by atoms with Crippen molar-refractivity contribution in [3.05, 3.63) is 0 Å². The molecule has 0 aliphatic rings. The molecule has 0 aliphatic carbocycles. The summed E-state index contributed by atoms with van der Waals surface area (Å²) in [5, 5.41) is 17.4. The summed E-state index contributed by atoms with van der Waals surface area (Å²) in [7, 11) is 0. The van der Waals surface area contributed by atoms with Crippen LogP contribution >= 0.6 is 0 Å². The highest BCUT2D eigenvalue weighted by Gasteiger charge is 2.40. The van der Waals surface area contributed by atoms with Gasteiger partial charge in [0.05, 0.1) is 19.6 Å². The topological polar surface area (TPSA) is 40.5 Å². The Kier molecular flexibility index (Phi) is 3.99. The zero-order chi connectivity index (χ0) is 9.83. The number of alkyl halides is 3. The zero-order valence-corrected chi connectivity index (χ0v) is 6.86. The second kappa shape index (κ2) is 4.09. The highest BCUT2D eigenvalue weighted by Crippen LogP contribution is 2.35. The van der Waals surface area contributed by atoms with Crippen molar-refractivity contribution < 1.29 is 23.4 Å². The fourth-order valence-corrected chi connectivity index (χ4v) is 0.936. The standard InChI is InChI=1S/C7H13F3O2/c1-2-6(4-11,5-12)3-7(8,9)10/h11-12H,2-5H2,1H3. The van der Waals surface area contributed by atoms with Gasteiger partial charge in [-0.25, -0.2) is 0 Å². The molecule has 74 valence electrons. The summed E-state index contributed by atoms with van der Waals surface area (Å²) in [5.74, 6) is 0. The lowest BCUT2D eigenvalue weighted by molar-refractivity contribution is -0.170. The molecule has 5 heteroatoms. The zero-order valence-electron chi connectivity index (χ0n) is 6.86. The average molecular weight is 186 g/mol. The summed E-state index contributed by atoms with van der Waals surface area (Å²) in [4.78, 5) is 0. The maximum Gasteiger partial charge on any atom is 0.389 e. The molecule has 0 atom stereocenters. The van der Waals surface area contributed by atoms with Crippen molar-refractivity contribution in [2.45, 2.75) is 25.9 Å². The largest absolute Gasteiger partial charge is 0.396 e. The number of rotatable bonds is 4. The third-order valence-electron chi connectivity index (χ3n) is 2.00. The molecule has 0 aliphatic heterocycles. The quantitative estimate of drug-likeness (QED) is 0.695. The van der Waals surface area contributed by atoms with Gasteiger partial charge in [0.1, 0.15) is 0 Å². The fourth-order valence-electron chi connectivity index (χ4n) is 0.936. The average Bonchev–Trinajstić information content (AvgIpc) is 1.99. The van der Waals surface area contributed by atoms with Gasteiger partial charge in [-0.3, -0.25) is 0 Å². The van der Waals surface area contributed by atoms with Crippen molar-refractivity contribution in [1.29, 1.82) is 0 Å². The third kappa shape index (κ3) is 3.40. The molecule has 0 radical (unpaired) electrons. The maximum absolute atomic E-state index is 11.9. The Balaban J connectivity index is 4.30. The monoisotopic (exact) mass is 186 g/mol. The van der Waals surface area contributed by atoms with Gasteiger partial charge in [0.25, 0.3) is 0 Å². The van der Waals surface area contributed by atoms with Gasteiger partial charge in [-0.2, -0.15) is 13.2 Å². The third-order valence-corrected chi connectivity index (χ3v) is 2.00. The van der Waals surface area contributed by atoms with Crippen molar-refractivity contribution in [2.75, 3.05) is 13.2 Å². The van der Waals surface area contributed by atoms with E-state index in [1.54, 1.807) is 0 Å². The van der Waals surface area contributed by atoms with Crippen LogP contribution in [0.1, 0.15) is 19.8 Å². The number of aliphatic hydroxyl groups is 2. The van der Waals surface area contributed by atoms with Gasteiger partial charge in [-0.15, -0.1) is 0 Å². The molecule has 0 saturated carbocycles. The van der Waals surface area contributed by atoms with Gasteiger partial charge in [-0.1, -0.05) is 6.92 Å². The van der Waals surface area contributed by atoms with E-state index < -0.39 is 31.2 Å². The van der Waals surface area contributed by atoms with Crippen LogP contribution in [0.5, 0.6) is 0 Å².